The van der Waals surface area contributed by atoms with Crippen molar-refractivity contribution in [3.8, 4) is 0 Å². The summed E-state index contributed by atoms with van der Waals surface area (Å²) < 4.78 is 39.0. The van der Waals surface area contributed by atoms with Gasteiger partial charge in [-0.3, -0.25) is 9.59 Å². The van der Waals surface area contributed by atoms with Crippen LogP contribution in [-0.2, 0) is 4.79 Å². The van der Waals surface area contributed by atoms with Crippen LogP contribution in [0.15, 0.2) is 16.8 Å². The first-order chi connectivity index (χ1) is 10.1. The zero-order valence-corrected chi connectivity index (χ0v) is 13.1. The van der Waals surface area contributed by atoms with Gasteiger partial charge in [0.2, 0.25) is 5.91 Å². The summed E-state index contributed by atoms with van der Waals surface area (Å²) in [6.07, 6.45) is -4.45. The van der Waals surface area contributed by atoms with Crippen LogP contribution in [0, 0.1) is 5.92 Å². The van der Waals surface area contributed by atoms with Crippen LogP contribution in [0.5, 0.6) is 0 Å². The van der Waals surface area contributed by atoms with Gasteiger partial charge in [-0.25, -0.2) is 0 Å². The number of thiophene rings is 1. The fourth-order valence-electron chi connectivity index (χ4n) is 2.85. The van der Waals surface area contributed by atoms with E-state index in [0.717, 1.165) is 0 Å². The number of nitrogens with zero attached hydrogens (tertiary/aromatic N) is 1. The van der Waals surface area contributed by atoms with E-state index in [1.807, 2.05) is 0 Å². The van der Waals surface area contributed by atoms with Crippen molar-refractivity contribution in [3.63, 3.8) is 0 Å². The Kier molecular flexibility index (Phi) is 4.51. The average molecular weight is 334 g/mol. The Balaban J connectivity index is 1.97. The molecular formula is C14H17F3N2O2S. The maximum atomic E-state index is 13.0. The van der Waals surface area contributed by atoms with E-state index in [-0.39, 0.29) is 19.5 Å². The van der Waals surface area contributed by atoms with Crippen LogP contribution in [-0.4, -0.2) is 41.5 Å². The normalized spacial score (nSPS) is 21.0. The Hall–Kier alpha value is -1.57. The standard InChI is InChI=1S/C14H17F3N2O2S/c1-13(2)10(14(15,16)17)3-5-19(13)11(20)7-18-12(21)9-4-6-22-8-9/h4,6,8,10H,3,5,7H2,1-2H3,(H,18,21). The van der Waals surface area contributed by atoms with E-state index >= 15 is 0 Å². The number of carbonyl (C=O) groups is 2. The topological polar surface area (TPSA) is 49.4 Å². The van der Waals surface area contributed by atoms with E-state index in [0.29, 0.717) is 5.56 Å². The molecule has 1 atom stereocenters. The molecule has 1 aromatic heterocycles. The molecule has 1 fully saturated rings. The molecule has 0 aromatic carbocycles. The van der Waals surface area contributed by atoms with Crippen molar-refractivity contribution >= 4 is 23.2 Å². The Bertz CT molecular complexity index is 555. The molecule has 2 amide bonds. The van der Waals surface area contributed by atoms with Crippen LogP contribution in [0.1, 0.15) is 30.6 Å². The molecule has 8 heteroatoms. The van der Waals surface area contributed by atoms with Crippen molar-refractivity contribution in [1.82, 2.24) is 10.2 Å². The molecule has 4 nitrogen and oxygen atoms in total. The van der Waals surface area contributed by atoms with E-state index in [2.05, 4.69) is 5.32 Å². The number of likely N-dealkylation sites (tertiary alicyclic amines) is 1. The van der Waals surface area contributed by atoms with Crippen LogP contribution in [0.4, 0.5) is 13.2 Å². The number of hydrogen-bond donors (Lipinski definition) is 1. The summed E-state index contributed by atoms with van der Waals surface area (Å²) in [5, 5.41) is 5.82. The largest absolute Gasteiger partial charge is 0.394 e. The molecule has 0 radical (unpaired) electrons. The maximum absolute atomic E-state index is 13.0. The molecule has 2 rings (SSSR count). The van der Waals surface area contributed by atoms with Crippen molar-refractivity contribution in [3.05, 3.63) is 22.4 Å². The SMILES string of the molecule is CC1(C)C(C(F)(F)F)CCN1C(=O)CNC(=O)c1ccsc1. The van der Waals surface area contributed by atoms with Gasteiger partial charge in [0, 0.05) is 23.0 Å². The van der Waals surface area contributed by atoms with E-state index in [4.69, 9.17) is 0 Å². The lowest BCUT2D eigenvalue weighted by molar-refractivity contribution is -0.192. The number of nitrogens with one attached hydrogen (secondary N) is 1. The number of alkyl halides is 3. The van der Waals surface area contributed by atoms with Crippen LogP contribution in [0.25, 0.3) is 0 Å². The lowest BCUT2D eigenvalue weighted by Gasteiger charge is -2.36. The van der Waals surface area contributed by atoms with E-state index in [1.54, 1.807) is 16.8 Å². The second-order valence-electron chi connectivity index (χ2n) is 5.78. The van der Waals surface area contributed by atoms with Gasteiger partial charge in [-0.1, -0.05) is 0 Å². The van der Waals surface area contributed by atoms with E-state index in [1.165, 1.54) is 30.1 Å². The van der Waals surface area contributed by atoms with E-state index < -0.39 is 29.4 Å². The predicted molar refractivity (Wildman–Crippen MR) is 76.6 cm³/mol. The predicted octanol–water partition coefficient (Wildman–Crippen LogP) is 2.67. The van der Waals surface area contributed by atoms with Gasteiger partial charge in [-0.15, -0.1) is 0 Å². The molecule has 1 unspecified atom stereocenters. The van der Waals surface area contributed by atoms with Crippen molar-refractivity contribution in [2.45, 2.75) is 32.0 Å². The summed E-state index contributed by atoms with van der Waals surface area (Å²) in [5.74, 6) is -2.45. The maximum Gasteiger partial charge on any atom is 0.394 e. The number of rotatable bonds is 3. The molecule has 122 valence electrons. The highest BCUT2D eigenvalue weighted by atomic mass is 32.1. The highest BCUT2D eigenvalue weighted by Crippen LogP contribution is 2.44. The zero-order valence-electron chi connectivity index (χ0n) is 12.2. The highest BCUT2D eigenvalue weighted by Gasteiger charge is 2.56. The highest BCUT2D eigenvalue weighted by molar-refractivity contribution is 7.08. The molecule has 2 heterocycles. The minimum atomic E-state index is -4.33. The smallest absolute Gasteiger partial charge is 0.343 e. The summed E-state index contributed by atoms with van der Waals surface area (Å²) in [6, 6.07) is 1.62. The van der Waals surface area contributed by atoms with Crippen LogP contribution < -0.4 is 5.32 Å². The fraction of sp³-hybridized carbons (Fsp3) is 0.571. The third-order valence-electron chi connectivity index (χ3n) is 4.07. The molecular weight excluding hydrogens is 317 g/mol. The number of hydrogen-bond acceptors (Lipinski definition) is 3. The summed E-state index contributed by atoms with van der Waals surface area (Å²) in [5.41, 5.74) is -0.866. The minimum Gasteiger partial charge on any atom is -0.343 e. The molecule has 0 saturated carbocycles. The minimum absolute atomic E-state index is 0.0460. The summed E-state index contributed by atoms with van der Waals surface area (Å²) in [6.45, 7) is 2.57. The first-order valence-electron chi connectivity index (χ1n) is 6.81. The number of carbonyl (C=O) groups excluding carboxylic acids is 2. The summed E-state index contributed by atoms with van der Waals surface area (Å²) in [4.78, 5) is 25.1. The second-order valence-corrected chi connectivity index (χ2v) is 6.56. The van der Waals surface area contributed by atoms with Gasteiger partial charge in [0.1, 0.15) is 0 Å². The molecule has 1 saturated heterocycles. The Morgan fingerprint density at radius 2 is 2.14 bits per heavy atom. The van der Waals surface area contributed by atoms with Crippen molar-refractivity contribution in [2.75, 3.05) is 13.1 Å². The monoisotopic (exact) mass is 334 g/mol. The average Bonchev–Trinajstić information content (AvgIpc) is 3.01. The summed E-state index contributed by atoms with van der Waals surface area (Å²) >= 11 is 1.35. The molecule has 1 aliphatic rings. The van der Waals surface area contributed by atoms with Gasteiger partial charge >= 0.3 is 6.18 Å². The zero-order chi connectivity index (χ0) is 16.5. The van der Waals surface area contributed by atoms with Crippen molar-refractivity contribution < 1.29 is 22.8 Å². The van der Waals surface area contributed by atoms with Crippen LogP contribution >= 0.6 is 11.3 Å². The van der Waals surface area contributed by atoms with Crippen LogP contribution in [0.3, 0.4) is 0 Å². The molecule has 0 spiro atoms. The van der Waals surface area contributed by atoms with Gasteiger partial charge in [-0.05, 0) is 31.7 Å². The van der Waals surface area contributed by atoms with Gasteiger partial charge in [0.15, 0.2) is 0 Å². The van der Waals surface area contributed by atoms with E-state index in [9.17, 15) is 22.8 Å². The first-order valence-corrected chi connectivity index (χ1v) is 7.76. The Morgan fingerprint density at radius 1 is 1.45 bits per heavy atom. The van der Waals surface area contributed by atoms with Crippen molar-refractivity contribution in [1.29, 1.82) is 0 Å². The lowest BCUT2D eigenvalue weighted by atomic mass is 9.88. The Morgan fingerprint density at radius 3 is 2.64 bits per heavy atom. The second kappa shape index (κ2) is 5.91. The van der Waals surface area contributed by atoms with Gasteiger partial charge < -0.3 is 10.2 Å². The molecule has 0 bridgehead atoms. The Labute approximate surface area is 130 Å². The lowest BCUT2D eigenvalue weighted by Crippen LogP contribution is -2.52. The number of amides is 2. The third-order valence-corrected chi connectivity index (χ3v) is 4.75. The molecule has 1 N–H and O–H groups in total. The molecule has 0 aliphatic carbocycles. The molecule has 22 heavy (non-hydrogen) atoms. The van der Waals surface area contributed by atoms with Gasteiger partial charge in [0.05, 0.1) is 12.5 Å². The molecule has 1 aliphatic heterocycles. The molecule has 1 aromatic rings. The third kappa shape index (κ3) is 3.26. The fourth-order valence-corrected chi connectivity index (χ4v) is 3.48. The number of halogens is 3. The van der Waals surface area contributed by atoms with Crippen LogP contribution in [0.2, 0.25) is 0 Å². The summed E-state index contributed by atoms with van der Waals surface area (Å²) in [7, 11) is 0. The van der Waals surface area contributed by atoms with Gasteiger partial charge in [-0.2, -0.15) is 24.5 Å². The van der Waals surface area contributed by atoms with Gasteiger partial charge in [0.25, 0.3) is 5.91 Å². The first kappa shape index (κ1) is 16.8. The van der Waals surface area contributed by atoms with Crippen molar-refractivity contribution in [2.24, 2.45) is 5.92 Å². The quantitative estimate of drug-likeness (QED) is 0.924.